The molecule has 2 atom stereocenters. The highest BCUT2D eigenvalue weighted by atomic mass is 19.4. The number of aliphatic hydroxyl groups is 2. The zero-order valence-electron chi connectivity index (χ0n) is 9.08. The molecule has 0 aromatic carbocycles. The summed E-state index contributed by atoms with van der Waals surface area (Å²) in [6.45, 7) is 1.51. The monoisotopic (exact) mass is 254 g/mol. The zero-order valence-corrected chi connectivity index (χ0v) is 9.08. The summed E-state index contributed by atoms with van der Waals surface area (Å²) >= 11 is 0. The molecule has 0 rings (SSSR count). The van der Waals surface area contributed by atoms with E-state index in [9.17, 15) is 18.0 Å². The second-order valence-corrected chi connectivity index (χ2v) is 3.56. The Labute approximate surface area is 96.1 Å². The van der Waals surface area contributed by atoms with Crippen molar-refractivity contribution in [1.82, 2.24) is 0 Å². The topological polar surface area (TPSA) is 77.8 Å². The van der Waals surface area contributed by atoms with Gasteiger partial charge in [0.25, 0.3) is 0 Å². The van der Waals surface area contributed by atoms with Gasteiger partial charge in [0.2, 0.25) is 0 Å². The number of halogens is 3. The quantitative estimate of drug-likeness (QED) is 0.515. The van der Waals surface area contributed by atoms with Crippen molar-refractivity contribution in [1.29, 1.82) is 0 Å². The van der Waals surface area contributed by atoms with Gasteiger partial charge in [-0.1, -0.05) is 5.92 Å². The van der Waals surface area contributed by atoms with Crippen LogP contribution in [0.5, 0.6) is 0 Å². The van der Waals surface area contributed by atoms with Crippen LogP contribution < -0.4 is 0 Å². The van der Waals surface area contributed by atoms with Crippen molar-refractivity contribution in [3.63, 3.8) is 0 Å². The molecule has 0 fully saturated rings. The molecule has 0 spiro atoms. The van der Waals surface area contributed by atoms with Gasteiger partial charge in [0.05, 0.1) is 6.10 Å². The van der Waals surface area contributed by atoms with Crippen molar-refractivity contribution in [2.45, 2.75) is 44.1 Å². The Kier molecular flexibility index (Phi) is 5.45. The van der Waals surface area contributed by atoms with E-state index in [4.69, 9.17) is 15.3 Å². The molecule has 4 nitrogen and oxygen atoms in total. The lowest BCUT2D eigenvalue weighted by molar-refractivity contribution is -0.239. The third kappa shape index (κ3) is 4.63. The minimum atomic E-state index is -5.35. The van der Waals surface area contributed by atoms with Crippen LogP contribution in [-0.2, 0) is 4.79 Å². The van der Waals surface area contributed by atoms with E-state index in [0.29, 0.717) is 12.8 Å². The summed E-state index contributed by atoms with van der Waals surface area (Å²) in [6, 6.07) is 0. The highest BCUT2D eigenvalue weighted by molar-refractivity contribution is 5.82. The molecule has 0 unspecified atom stereocenters. The highest BCUT2D eigenvalue weighted by Gasteiger charge is 2.59. The van der Waals surface area contributed by atoms with E-state index in [2.05, 4.69) is 0 Å². The first-order chi connectivity index (χ1) is 7.61. The van der Waals surface area contributed by atoms with Gasteiger partial charge < -0.3 is 15.3 Å². The Morgan fingerprint density at radius 1 is 1.41 bits per heavy atom. The van der Waals surface area contributed by atoms with Gasteiger partial charge in [-0.25, -0.2) is 4.79 Å². The number of unbranched alkanes of at least 4 members (excludes halogenated alkanes) is 1. The molecule has 3 N–H and O–H groups in total. The lowest BCUT2D eigenvalue weighted by atomic mass is 10.0. The van der Waals surface area contributed by atoms with Gasteiger partial charge in [-0.2, -0.15) is 13.2 Å². The molecule has 0 amide bonds. The van der Waals surface area contributed by atoms with E-state index in [1.807, 2.05) is 5.92 Å². The van der Waals surface area contributed by atoms with Gasteiger partial charge in [0, 0.05) is 6.42 Å². The van der Waals surface area contributed by atoms with E-state index in [0.717, 1.165) is 0 Å². The Balaban J connectivity index is 4.59. The molecule has 0 saturated carbocycles. The summed E-state index contributed by atoms with van der Waals surface area (Å²) in [7, 11) is 0. The summed E-state index contributed by atoms with van der Waals surface area (Å²) in [4.78, 5) is 10.3. The van der Waals surface area contributed by atoms with Crippen molar-refractivity contribution < 1.29 is 33.3 Å². The number of carbonyl (C=O) groups is 1. The van der Waals surface area contributed by atoms with Crippen LogP contribution in [0.25, 0.3) is 0 Å². The Morgan fingerprint density at radius 3 is 2.29 bits per heavy atom. The fourth-order valence-electron chi connectivity index (χ4n) is 0.922. The van der Waals surface area contributed by atoms with Crippen LogP contribution in [0.1, 0.15) is 26.2 Å². The second kappa shape index (κ2) is 5.89. The molecule has 0 aromatic heterocycles. The van der Waals surface area contributed by atoms with Gasteiger partial charge in [-0.3, -0.25) is 0 Å². The number of carboxylic acid groups (broad SMARTS) is 1. The summed E-state index contributed by atoms with van der Waals surface area (Å²) < 4.78 is 36.7. The van der Waals surface area contributed by atoms with Crippen LogP contribution in [0, 0.1) is 11.8 Å². The largest absolute Gasteiger partial charge is 0.478 e. The molecule has 0 radical (unpaired) electrons. The first kappa shape index (κ1) is 15.7. The van der Waals surface area contributed by atoms with Crippen molar-refractivity contribution in [3.8, 4) is 11.8 Å². The Bertz CT molecular complexity index is 327. The normalized spacial score (nSPS) is 16.6. The van der Waals surface area contributed by atoms with Gasteiger partial charge in [-0.05, 0) is 25.7 Å². The Morgan fingerprint density at radius 2 is 1.94 bits per heavy atom. The van der Waals surface area contributed by atoms with Crippen molar-refractivity contribution in [2.24, 2.45) is 0 Å². The maximum absolute atomic E-state index is 12.2. The van der Waals surface area contributed by atoms with E-state index in [1.54, 1.807) is 0 Å². The number of hydrogen-bond donors (Lipinski definition) is 3. The van der Waals surface area contributed by atoms with Crippen molar-refractivity contribution in [2.75, 3.05) is 0 Å². The molecule has 17 heavy (non-hydrogen) atoms. The summed E-state index contributed by atoms with van der Waals surface area (Å²) in [6.07, 6.45) is -5.32. The molecule has 0 bridgehead atoms. The Hall–Kier alpha value is -1.26. The van der Waals surface area contributed by atoms with Crippen LogP contribution in [0.3, 0.4) is 0 Å². The first-order valence-corrected chi connectivity index (χ1v) is 4.82. The minimum absolute atomic E-state index is 0.0312. The molecule has 7 heteroatoms. The third-order valence-corrected chi connectivity index (χ3v) is 1.91. The van der Waals surface area contributed by atoms with E-state index in [-0.39, 0.29) is 6.42 Å². The number of aliphatic hydroxyl groups excluding tert-OH is 1. The summed E-state index contributed by atoms with van der Waals surface area (Å²) in [5.74, 6) is 0.815. The SMILES string of the molecule is C[C@H](O)CCCC#C[C@@](O)(C(=O)O)C(F)(F)F. The molecule has 0 heterocycles. The van der Waals surface area contributed by atoms with E-state index >= 15 is 0 Å². The minimum Gasteiger partial charge on any atom is -0.478 e. The molecule has 0 aliphatic heterocycles. The van der Waals surface area contributed by atoms with Crippen LogP contribution in [0.2, 0.25) is 0 Å². The molecular formula is C10H13F3O4. The predicted molar refractivity (Wildman–Crippen MR) is 51.9 cm³/mol. The van der Waals surface area contributed by atoms with Crippen LogP contribution >= 0.6 is 0 Å². The number of carboxylic acids is 1. The summed E-state index contributed by atoms with van der Waals surface area (Å²) in [5, 5.41) is 26.0. The summed E-state index contributed by atoms with van der Waals surface area (Å²) in [5.41, 5.74) is -4.03. The zero-order chi connectivity index (χ0) is 13.7. The molecule has 0 aromatic rings. The lowest BCUT2D eigenvalue weighted by Gasteiger charge is -2.19. The van der Waals surface area contributed by atoms with Gasteiger partial charge in [0.1, 0.15) is 0 Å². The van der Waals surface area contributed by atoms with E-state index < -0.39 is 23.9 Å². The molecule has 98 valence electrons. The predicted octanol–water partition coefficient (Wildman–Crippen LogP) is 0.919. The van der Waals surface area contributed by atoms with Crippen LogP contribution in [-0.4, -0.2) is 39.2 Å². The highest BCUT2D eigenvalue weighted by Crippen LogP contribution is 2.30. The standard InChI is InChI=1S/C10H13F3O4/c1-7(14)5-3-2-4-6-9(17,8(15)16)10(11,12)13/h7,14,17H,2-3,5H2,1H3,(H,15,16)/t7-,9+/m0/s1. The smallest absolute Gasteiger partial charge is 0.440 e. The number of aliphatic carboxylic acids is 1. The average molecular weight is 254 g/mol. The van der Waals surface area contributed by atoms with Crippen molar-refractivity contribution in [3.05, 3.63) is 0 Å². The fraction of sp³-hybridized carbons (Fsp3) is 0.700. The first-order valence-electron chi connectivity index (χ1n) is 4.82. The van der Waals surface area contributed by atoms with Gasteiger partial charge >= 0.3 is 17.7 Å². The number of rotatable bonds is 4. The number of alkyl halides is 3. The molecule has 0 saturated heterocycles. The second-order valence-electron chi connectivity index (χ2n) is 3.56. The molecular weight excluding hydrogens is 241 g/mol. The number of hydrogen-bond acceptors (Lipinski definition) is 3. The van der Waals surface area contributed by atoms with Crippen LogP contribution in [0.15, 0.2) is 0 Å². The fourth-order valence-corrected chi connectivity index (χ4v) is 0.922. The van der Waals surface area contributed by atoms with Gasteiger partial charge in [-0.15, -0.1) is 0 Å². The molecule has 0 aliphatic rings. The van der Waals surface area contributed by atoms with Crippen LogP contribution in [0.4, 0.5) is 13.2 Å². The maximum Gasteiger partial charge on any atom is 0.440 e. The molecule has 0 aliphatic carbocycles. The average Bonchev–Trinajstić information content (AvgIpc) is 2.14. The van der Waals surface area contributed by atoms with Gasteiger partial charge in [0.15, 0.2) is 0 Å². The van der Waals surface area contributed by atoms with Crippen molar-refractivity contribution >= 4 is 5.97 Å². The lowest BCUT2D eigenvalue weighted by Crippen LogP contribution is -2.50. The third-order valence-electron chi connectivity index (χ3n) is 1.91. The van der Waals surface area contributed by atoms with E-state index in [1.165, 1.54) is 12.8 Å². The maximum atomic E-state index is 12.2.